The molecule has 0 rings (SSSR count). The lowest BCUT2D eigenvalue weighted by Gasteiger charge is -2.17. The molecule has 0 spiro atoms. The van der Waals surface area contributed by atoms with Crippen LogP contribution in [0.2, 0.25) is 0 Å². The molecular weight excluding hydrogens is 253 g/mol. The monoisotopic (exact) mass is 272 g/mol. The number of unbranched alkanes of at least 4 members (excludes halogenated alkanes) is 1. The van der Waals surface area contributed by atoms with E-state index in [0.717, 1.165) is 0 Å². The van der Waals surface area contributed by atoms with E-state index in [9.17, 15) is 18.0 Å². The Labute approximate surface area is 104 Å². The first-order valence-corrected chi connectivity index (χ1v) is 6.59. The van der Waals surface area contributed by atoms with E-state index in [1.54, 1.807) is 0 Å². The van der Waals surface area contributed by atoms with Crippen LogP contribution in [0.3, 0.4) is 0 Å². The van der Waals surface area contributed by atoms with Gasteiger partial charge in [0, 0.05) is 6.42 Å². The topological polar surface area (TPSA) is 26.3 Å². The first-order chi connectivity index (χ1) is 7.78. The normalized spacial score (nSPS) is 13.8. The van der Waals surface area contributed by atoms with E-state index in [1.165, 1.54) is 18.9 Å². The quantitative estimate of drug-likeness (QED) is 0.522. The third kappa shape index (κ3) is 8.35. The summed E-state index contributed by atoms with van der Waals surface area (Å²) in [7, 11) is 1.32. The van der Waals surface area contributed by atoms with Crippen LogP contribution in [0.25, 0.3) is 0 Å². The second kappa shape index (κ2) is 7.84. The van der Waals surface area contributed by atoms with E-state index in [1.807, 2.05) is 13.8 Å². The van der Waals surface area contributed by atoms with Gasteiger partial charge < -0.3 is 4.74 Å². The van der Waals surface area contributed by atoms with Gasteiger partial charge in [-0.1, -0.05) is 13.8 Å². The number of rotatable bonds is 7. The largest absolute Gasteiger partial charge is 0.468 e. The SMILES string of the molecule is COC(=O)C(SCCCCC(F)(F)F)C(C)C. The average Bonchev–Trinajstić information content (AvgIpc) is 2.20. The molecule has 0 fully saturated rings. The number of carbonyl (C=O) groups is 1. The van der Waals surface area contributed by atoms with Crippen molar-refractivity contribution in [1.29, 1.82) is 0 Å². The molecule has 0 aliphatic rings. The van der Waals surface area contributed by atoms with Crippen LogP contribution in [0.1, 0.15) is 33.1 Å². The predicted molar refractivity (Wildman–Crippen MR) is 63.0 cm³/mol. The van der Waals surface area contributed by atoms with Crippen molar-refractivity contribution in [3.05, 3.63) is 0 Å². The van der Waals surface area contributed by atoms with Crippen molar-refractivity contribution in [3.8, 4) is 0 Å². The maximum Gasteiger partial charge on any atom is 0.389 e. The van der Waals surface area contributed by atoms with Crippen LogP contribution in [0.5, 0.6) is 0 Å². The van der Waals surface area contributed by atoms with Crippen LogP contribution in [-0.4, -0.2) is 30.3 Å². The van der Waals surface area contributed by atoms with E-state index in [-0.39, 0.29) is 23.6 Å². The minimum Gasteiger partial charge on any atom is -0.468 e. The second-order valence-electron chi connectivity index (χ2n) is 4.13. The van der Waals surface area contributed by atoms with E-state index in [4.69, 9.17) is 0 Å². The molecule has 0 radical (unpaired) electrons. The lowest BCUT2D eigenvalue weighted by Crippen LogP contribution is -2.24. The molecule has 0 aromatic heterocycles. The van der Waals surface area contributed by atoms with Crippen LogP contribution in [0, 0.1) is 5.92 Å². The number of halogens is 3. The second-order valence-corrected chi connectivity index (χ2v) is 5.38. The third-order valence-corrected chi connectivity index (χ3v) is 3.81. The molecule has 2 nitrogen and oxygen atoms in total. The molecular formula is C11H19F3O2S. The minimum atomic E-state index is -4.08. The molecule has 0 aliphatic carbocycles. The Balaban J connectivity index is 3.80. The first kappa shape index (κ1) is 16.6. The maximum atomic E-state index is 11.9. The van der Waals surface area contributed by atoms with Gasteiger partial charge in [0.1, 0.15) is 5.25 Å². The summed E-state index contributed by atoms with van der Waals surface area (Å²) >= 11 is 1.37. The summed E-state index contributed by atoms with van der Waals surface area (Å²) in [5.74, 6) is 0.365. The van der Waals surface area contributed by atoms with Gasteiger partial charge in [0.2, 0.25) is 0 Å². The van der Waals surface area contributed by atoms with Gasteiger partial charge in [0.05, 0.1) is 7.11 Å². The fourth-order valence-corrected chi connectivity index (χ4v) is 2.53. The van der Waals surface area contributed by atoms with Crippen LogP contribution in [0.4, 0.5) is 13.2 Å². The van der Waals surface area contributed by atoms with Crippen molar-refractivity contribution in [2.75, 3.05) is 12.9 Å². The summed E-state index contributed by atoms with van der Waals surface area (Å²) in [5.41, 5.74) is 0. The Hall–Kier alpha value is -0.390. The van der Waals surface area contributed by atoms with E-state index < -0.39 is 12.6 Å². The maximum absolute atomic E-state index is 11.9. The number of alkyl halides is 3. The minimum absolute atomic E-state index is 0.114. The zero-order valence-corrected chi connectivity index (χ0v) is 11.2. The molecule has 0 saturated carbocycles. The summed E-state index contributed by atoms with van der Waals surface area (Å²) < 4.78 is 40.3. The van der Waals surface area contributed by atoms with Gasteiger partial charge in [-0.15, -0.1) is 11.8 Å². The number of methoxy groups -OCH3 is 1. The van der Waals surface area contributed by atoms with Gasteiger partial charge in [-0.05, 0) is 24.5 Å². The average molecular weight is 272 g/mol. The number of esters is 1. The molecule has 17 heavy (non-hydrogen) atoms. The van der Waals surface area contributed by atoms with Crippen LogP contribution in [0.15, 0.2) is 0 Å². The van der Waals surface area contributed by atoms with Gasteiger partial charge in [0.25, 0.3) is 0 Å². The molecule has 0 aromatic rings. The van der Waals surface area contributed by atoms with E-state index in [0.29, 0.717) is 12.2 Å². The Morgan fingerprint density at radius 3 is 2.29 bits per heavy atom. The number of carbonyl (C=O) groups excluding carboxylic acids is 1. The third-order valence-electron chi connectivity index (χ3n) is 2.19. The molecule has 6 heteroatoms. The lowest BCUT2D eigenvalue weighted by atomic mass is 10.1. The first-order valence-electron chi connectivity index (χ1n) is 5.54. The number of thioether (sulfide) groups is 1. The summed E-state index contributed by atoms with van der Waals surface area (Å²) in [4.78, 5) is 11.4. The van der Waals surface area contributed by atoms with Gasteiger partial charge in [-0.25, -0.2) is 0 Å². The highest BCUT2D eigenvalue weighted by atomic mass is 32.2. The van der Waals surface area contributed by atoms with Crippen LogP contribution >= 0.6 is 11.8 Å². The van der Waals surface area contributed by atoms with E-state index >= 15 is 0 Å². The molecule has 0 saturated heterocycles. The molecule has 1 atom stereocenters. The number of hydrogen-bond donors (Lipinski definition) is 0. The molecule has 0 aromatic carbocycles. The van der Waals surface area contributed by atoms with Gasteiger partial charge in [0.15, 0.2) is 0 Å². The standard InChI is InChI=1S/C11H19F3O2S/c1-8(2)9(10(15)16-3)17-7-5-4-6-11(12,13)14/h8-9H,4-7H2,1-3H3. The Morgan fingerprint density at radius 1 is 1.29 bits per heavy atom. The van der Waals surface area contributed by atoms with Gasteiger partial charge in [-0.2, -0.15) is 13.2 Å². The highest BCUT2D eigenvalue weighted by Gasteiger charge is 2.26. The van der Waals surface area contributed by atoms with Gasteiger partial charge >= 0.3 is 12.1 Å². The molecule has 0 bridgehead atoms. The highest BCUT2D eigenvalue weighted by Crippen LogP contribution is 2.25. The molecule has 0 aliphatic heterocycles. The summed E-state index contributed by atoms with van der Waals surface area (Å²) in [6.07, 6.45) is -4.25. The fraction of sp³-hybridized carbons (Fsp3) is 0.909. The number of hydrogen-bond acceptors (Lipinski definition) is 3. The molecule has 0 amide bonds. The molecule has 1 unspecified atom stereocenters. The van der Waals surface area contributed by atoms with E-state index in [2.05, 4.69) is 4.74 Å². The Kier molecular flexibility index (Phi) is 7.66. The van der Waals surface area contributed by atoms with Crippen molar-refractivity contribution in [1.82, 2.24) is 0 Å². The number of ether oxygens (including phenoxy) is 1. The van der Waals surface area contributed by atoms with Crippen molar-refractivity contribution in [3.63, 3.8) is 0 Å². The summed E-state index contributed by atoms with van der Waals surface area (Å²) in [6, 6.07) is 0. The summed E-state index contributed by atoms with van der Waals surface area (Å²) in [6.45, 7) is 3.79. The van der Waals surface area contributed by atoms with Crippen LogP contribution in [-0.2, 0) is 9.53 Å². The Bertz CT molecular complexity index is 229. The Morgan fingerprint density at radius 2 is 1.88 bits per heavy atom. The van der Waals surface area contributed by atoms with Crippen LogP contribution < -0.4 is 0 Å². The smallest absolute Gasteiger partial charge is 0.389 e. The van der Waals surface area contributed by atoms with Crippen molar-refractivity contribution < 1.29 is 22.7 Å². The highest BCUT2D eigenvalue weighted by molar-refractivity contribution is 8.00. The molecule has 0 heterocycles. The zero-order valence-electron chi connectivity index (χ0n) is 10.3. The predicted octanol–water partition coefficient (Wildman–Crippen LogP) is 3.65. The molecule has 102 valence electrons. The lowest BCUT2D eigenvalue weighted by molar-refractivity contribution is -0.140. The zero-order chi connectivity index (χ0) is 13.5. The van der Waals surface area contributed by atoms with Crippen molar-refractivity contribution in [2.45, 2.75) is 44.5 Å². The summed E-state index contributed by atoms with van der Waals surface area (Å²) in [5, 5.41) is -0.286. The van der Waals surface area contributed by atoms with Gasteiger partial charge in [-0.3, -0.25) is 4.79 Å². The molecule has 0 N–H and O–H groups in total. The van der Waals surface area contributed by atoms with Crippen molar-refractivity contribution >= 4 is 17.7 Å². The van der Waals surface area contributed by atoms with Crippen molar-refractivity contribution in [2.24, 2.45) is 5.92 Å². The fourth-order valence-electron chi connectivity index (χ4n) is 1.29.